The van der Waals surface area contributed by atoms with Crippen molar-refractivity contribution in [2.24, 2.45) is 17.6 Å². The highest BCUT2D eigenvalue weighted by molar-refractivity contribution is 5.43. The van der Waals surface area contributed by atoms with Crippen molar-refractivity contribution in [1.29, 1.82) is 0 Å². The minimum Gasteiger partial charge on any atom is -0.496 e. The van der Waals surface area contributed by atoms with Crippen molar-refractivity contribution >= 4 is 0 Å². The van der Waals surface area contributed by atoms with Crippen LogP contribution in [0.1, 0.15) is 37.8 Å². The van der Waals surface area contributed by atoms with Crippen LogP contribution in [0.3, 0.4) is 0 Å². The molecule has 0 unspecified atom stereocenters. The first-order valence-electron chi connectivity index (χ1n) is 6.40. The first kappa shape index (κ1) is 12.4. The quantitative estimate of drug-likeness (QED) is 0.870. The third-order valence-corrected chi connectivity index (χ3v) is 4.09. The van der Waals surface area contributed by atoms with E-state index in [-0.39, 0.29) is 5.54 Å². The van der Waals surface area contributed by atoms with Crippen molar-refractivity contribution in [2.45, 2.75) is 39.2 Å². The summed E-state index contributed by atoms with van der Waals surface area (Å²) >= 11 is 0. The minimum absolute atomic E-state index is 0.174. The van der Waals surface area contributed by atoms with Gasteiger partial charge in [-0.1, -0.05) is 31.5 Å². The van der Waals surface area contributed by atoms with E-state index in [9.17, 15) is 0 Å². The van der Waals surface area contributed by atoms with Crippen LogP contribution in [0.5, 0.6) is 5.75 Å². The zero-order valence-corrected chi connectivity index (χ0v) is 11.3. The van der Waals surface area contributed by atoms with E-state index in [4.69, 9.17) is 10.5 Å². The highest BCUT2D eigenvalue weighted by Gasteiger charge is 2.44. The van der Waals surface area contributed by atoms with E-state index in [0.717, 1.165) is 30.4 Å². The summed E-state index contributed by atoms with van der Waals surface area (Å²) in [5, 5.41) is 0. The highest BCUT2D eigenvalue weighted by atomic mass is 16.5. The lowest BCUT2D eigenvalue weighted by atomic mass is 9.61. The fourth-order valence-electron chi connectivity index (χ4n) is 2.78. The van der Waals surface area contributed by atoms with Gasteiger partial charge in [0.05, 0.1) is 7.11 Å². The second-order valence-electron chi connectivity index (χ2n) is 5.77. The number of rotatable bonds is 3. The Bertz CT molecular complexity index is 405. The van der Waals surface area contributed by atoms with Gasteiger partial charge in [-0.2, -0.15) is 0 Å². The molecule has 1 aliphatic rings. The van der Waals surface area contributed by atoms with E-state index in [1.807, 2.05) is 6.07 Å². The van der Waals surface area contributed by atoms with Crippen LogP contribution in [-0.2, 0) is 5.54 Å². The van der Waals surface area contributed by atoms with Gasteiger partial charge in [0.15, 0.2) is 0 Å². The molecule has 2 N–H and O–H groups in total. The van der Waals surface area contributed by atoms with E-state index in [1.165, 1.54) is 11.1 Å². The maximum atomic E-state index is 6.52. The van der Waals surface area contributed by atoms with E-state index < -0.39 is 0 Å². The third kappa shape index (κ3) is 2.19. The van der Waals surface area contributed by atoms with E-state index in [0.29, 0.717) is 0 Å². The monoisotopic (exact) mass is 233 g/mol. The SMILES string of the molecule is COc1ccc(C)cc1C1(N)CC(C(C)C)C1. The van der Waals surface area contributed by atoms with Gasteiger partial charge >= 0.3 is 0 Å². The largest absolute Gasteiger partial charge is 0.496 e. The molecular formula is C15H23NO. The van der Waals surface area contributed by atoms with Gasteiger partial charge in [-0.05, 0) is 37.7 Å². The number of aryl methyl sites for hydroxylation is 1. The third-order valence-electron chi connectivity index (χ3n) is 4.09. The number of methoxy groups -OCH3 is 1. The van der Waals surface area contributed by atoms with Crippen LogP contribution in [0.15, 0.2) is 18.2 Å². The number of ether oxygens (including phenoxy) is 1. The maximum absolute atomic E-state index is 6.52. The van der Waals surface area contributed by atoms with E-state index in [2.05, 4.69) is 32.9 Å². The summed E-state index contributed by atoms with van der Waals surface area (Å²) < 4.78 is 5.44. The van der Waals surface area contributed by atoms with Crippen LogP contribution in [0.4, 0.5) is 0 Å². The van der Waals surface area contributed by atoms with Crippen LogP contribution in [0.25, 0.3) is 0 Å². The van der Waals surface area contributed by atoms with Gasteiger partial charge in [-0.15, -0.1) is 0 Å². The lowest BCUT2D eigenvalue weighted by Gasteiger charge is -2.47. The summed E-state index contributed by atoms with van der Waals surface area (Å²) in [5.74, 6) is 2.41. The molecule has 0 aromatic heterocycles. The van der Waals surface area contributed by atoms with Crippen molar-refractivity contribution in [3.05, 3.63) is 29.3 Å². The molecule has 2 rings (SSSR count). The molecular weight excluding hydrogens is 210 g/mol. The Morgan fingerprint density at radius 3 is 2.53 bits per heavy atom. The normalized spacial score (nSPS) is 28.0. The second kappa shape index (κ2) is 4.34. The first-order valence-corrected chi connectivity index (χ1v) is 6.40. The van der Waals surface area contributed by atoms with Gasteiger partial charge in [-0.3, -0.25) is 0 Å². The molecule has 0 aliphatic heterocycles. The standard InChI is InChI=1S/C15H23NO/c1-10(2)12-8-15(16,9-12)13-7-11(3)5-6-14(13)17-4/h5-7,10,12H,8-9,16H2,1-4H3. The van der Waals surface area contributed by atoms with Crippen LogP contribution in [0, 0.1) is 18.8 Å². The fraction of sp³-hybridized carbons (Fsp3) is 0.600. The van der Waals surface area contributed by atoms with Crippen molar-refractivity contribution in [1.82, 2.24) is 0 Å². The van der Waals surface area contributed by atoms with Gasteiger partial charge in [0.25, 0.3) is 0 Å². The lowest BCUT2D eigenvalue weighted by Crippen LogP contribution is -2.50. The van der Waals surface area contributed by atoms with Crippen LogP contribution < -0.4 is 10.5 Å². The molecule has 94 valence electrons. The molecule has 0 saturated heterocycles. The van der Waals surface area contributed by atoms with Crippen molar-refractivity contribution < 1.29 is 4.74 Å². The van der Waals surface area contributed by atoms with Crippen molar-refractivity contribution in [3.8, 4) is 5.75 Å². The van der Waals surface area contributed by atoms with Crippen LogP contribution >= 0.6 is 0 Å². The predicted molar refractivity (Wildman–Crippen MR) is 71.2 cm³/mol. The van der Waals surface area contributed by atoms with Crippen molar-refractivity contribution in [3.63, 3.8) is 0 Å². The summed E-state index contributed by atoms with van der Waals surface area (Å²) in [7, 11) is 1.72. The minimum atomic E-state index is -0.174. The summed E-state index contributed by atoms with van der Waals surface area (Å²) in [6.45, 7) is 6.65. The summed E-state index contributed by atoms with van der Waals surface area (Å²) in [6.07, 6.45) is 2.15. The summed E-state index contributed by atoms with van der Waals surface area (Å²) in [4.78, 5) is 0. The van der Waals surface area contributed by atoms with E-state index >= 15 is 0 Å². The number of hydrogen-bond acceptors (Lipinski definition) is 2. The Morgan fingerprint density at radius 2 is 2.00 bits per heavy atom. The molecule has 1 aromatic rings. The molecule has 1 aliphatic carbocycles. The molecule has 17 heavy (non-hydrogen) atoms. The predicted octanol–water partition coefficient (Wildman–Crippen LogP) is 3.22. The number of benzene rings is 1. The van der Waals surface area contributed by atoms with Gasteiger partial charge in [-0.25, -0.2) is 0 Å². The zero-order chi connectivity index (χ0) is 12.6. The van der Waals surface area contributed by atoms with Crippen molar-refractivity contribution in [2.75, 3.05) is 7.11 Å². The molecule has 2 heteroatoms. The van der Waals surface area contributed by atoms with Crippen LogP contribution in [0.2, 0.25) is 0 Å². The zero-order valence-electron chi connectivity index (χ0n) is 11.3. The average Bonchev–Trinajstić information content (AvgIpc) is 2.24. The van der Waals surface area contributed by atoms with Gasteiger partial charge in [0, 0.05) is 11.1 Å². The lowest BCUT2D eigenvalue weighted by molar-refractivity contribution is 0.102. The number of hydrogen-bond donors (Lipinski definition) is 1. The summed E-state index contributed by atoms with van der Waals surface area (Å²) in [6, 6.07) is 6.28. The molecule has 0 bridgehead atoms. The molecule has 1 fully saturated rings. The van der Waals surface area contributed by atoms with Gasteiger partial charge in [0.1, 0.15) is 5.75 Å². The van der Waals surface area contributed by atoms with E-state index in [1.54, 1.807) is 7.11 Å². The molecule has 0 heterocycles. The highest BCUT2D eigenvalue weighted by Crippen LogP contribution is 2.49. The topological polar surface area (TPSA) is 35.2 Å². The Hall–Kier alpha value is -1.02. The molecule has 2 nitrogen and oxygen atoms in total. The Kier molecular flexibility index (Phi) is 3.17. The molecule has 0 radical (unpaired) electrons. The Labute approximate surface area is 104 Å². The van der Waals surface area contributed by atoms with Gasteiger partial charge < -0.3 is 10.5 Å². The average molecular weight is 233 g/mol. The molecule has 0 atom stereocenters. The fourth-order valence-corrected chi connectivity index (χ4v) is 2.78. The Balaban J connectivity index is 2.26. The molecule has 0 amide bonds. The van der Waals surface area contributed by atoms with Crippen LogP contribution in [-0.4, -0.2) is 7.11 Å². The smallest absolute Gasteiger partial charge is 0.123 e. The molecule has 0 spiro atoms. The summed E-state index contributed by atoms with van der Waals surface area (Å²) in [5.41, 5.74) is 8.77. The molecule has 1 aromatic carbocycles. The number of nitrogens with two attached hydrogens (primary N) is 1. The second-order valence-corrected chi connectivity index (χ2v) is 5.77. The first-order chi connectivity index (χ1) is 7.96. The molecule has 1 saturated carbocycles. The van der Waals surface area contributed by atoms with Gasteiger partial charge in [0.2, 0.25) is 0 Å². The maximum Gasteiger partial charge on any atom is 0.123 e. The Morgan fingerprint density at radius 1 is 1.35 bits per heavy atom.